The third-order valence-electron chi connectivity index (χ3n) is 4.65. The third kappa shape index (κ3) is 5.32. The first-order valence-corrected chi connectivity index (χ1v) is 9.19. The van der Waals surface area contributed by atoms with Gasteiger partial charge in [-0.25, -0.2) is 0 Å². The third-order valence-corrected chi connectivity index (χ3v) is 4.65. The maximum Gasteiger partial charge on any atom is 0.573 e. The van der Waals surface area contributed by atoms with Crippen LogP contribution in [0.2, 0.25) is 0 Å². The molecule has 0 spiro atoms. The fraction of sp³-hybridized carbons (Fsp3) is 0.400. The number of carbonyl (C=O) groups is 1. The highest BCUT2D eigenvalue weighted by Crippen LogP contribution is 2.35. The number of benzene rings is 1. The van der Waals surface area contributed by atoms with Crippen LogP contribution in [0.1, 0.15) is 29.4 Å². The van der Waals surface area contributed by atoms with E-state index in [1.54, 1.807) is 4.90 Å². The average Bonchev–Trinajstić information content (AvgIpc) is 2.69. The predicted molar refractivity (Wildman–Crippen MR) is 98.4 cm³/mol. The summed E-state index contributed by atoms with van der Waals surface area (Å²) in [6, 6.07) is 5.97. The lowest BCUT2D eigenvalue weighted by Gasteiger charge is -2.28. The molecule has 2 aromatic rings. The topological polar surface area (TPSA) is 89.2 Å². The van der Waals surface area contributed by atoms with Crippen LogP contribution in [0.4, 0.5) is 13.2 Å². The minimum Gasteiger partial charge on any atom is -0.502 e. The van der Waals surface area contributed by atoms with Gasteiger partial charge in [-0.3, -0.25) is 9.59 Å². The molecular weight excluding hydrogens is 407 g/mol. The molecule has 0 unspecified atom stereocenters. The van der Waals surface area contributed by atoms with E-state index in [1.165, 1.54) is 19.1 Å². The van der Waals surface area contributed by atoms with Gasteiger partial charge in [0.1, 0.15) is 11.5 Å². The van der Waals surface area contributed by atoms with Gasteiger partial charge in [0.15, 0.2) is 5.76 Å². The lowest BCUT2D eigenvalue weighted by atomic mass is 9.91. The number of hydrogen-bond donors (Lipinski definition) is 1. The van der Waals surface area contributed by atoms with Crippen LogP contribution >= 0.6 is 0 Å². The first-order chi connectivity index (χ1) is 14.1. The van der Waals surface area contributed by atoms with Crippen LogP contribution in [0, 0.1) is 6.92 Å². The van der Waals surface area contributed by atoms with E-state index in [4.69, 9.17) is 9.15 Å². The van der Waals surface area contributed by atoms with Crippen molar-refractivity contribution in [2.45, 2.75) is 25.6 Å². The van der Waals surface area contributed by atoms with Gasteiger partial charge in [-0.2, -0.15) is 0 Å². The Labute approximate surface area is 169 Å². The number of carbonyl (C=O) groups excluding carboxylic acids is 1. The van der Waals surface area contributed by atoms with Crippen molar-refractivity contribution in [2.24, 2.45) is 0 Å². The number of ether oxygens (including phenoxy) is 2. The molecule has 0 saturated carbocycles. The van der Waals surface area contributed by atoms with Crippen molar-refractivity contribution in [1.82, 2.24) is 4.90 Å². The summed E-state index contributed by atoms with van der Waals surface area (Å²) >= 11 is 0. The van der Waals surface area contributed by atoms with E-state index in [2.05, 4.69) is 4.74 Å². The SMILES string of the molecule is Cc1cc(=O)c(O)c([C@H](CC(=O)N2CCOCC2)c2ccc(OC(F)(F)F)cc2)o1. The van der Waals surface area contributed by atoms with Gasteiger partial charge in [-0.15, -0.1) is 13.2 Å². The van der Waals surface area contributed by atoms with Gasteiger partial charge in [0.25, 0.3) is 0 Å². The van der Waals surface area contributed by atoms with Crippen LogP contribution in [-0.2, 0) is 9.53 Å². The molecule has 0 aliphatic carbocycles. The summed E-state index contributed by atoms with van der Waals surface area (Å²) in [7, 11) is 0. The van der Waals surface area contributed by atoms with Crippen molar-refractivity contribution in [3.05, 3.63) is 57.6 Å². The molecule has 2 heterocycles. The summed E-state index contributed by atoms with van der Waals surface area (Å²) < 4.78 is 51.9. The van der Waals surface area contributed by atoms with Gasteiger partial charge in [-0.1, -0.05) is 12.1 Å². The number of aryl methyl sites for hydroxylation is 1. The Kier molecular flexibility index (Phi) is 6.35. The molecule has 1 aliphatic rings. The Morgan fingerprint density at radius 3 is 2.47 bits per heavy atom. The molecule has 3 rings (SSSR count). The molecule has 162 valence electrons. The molecule has 10 heteroatoms. The summed E-state index contributed by atoms with van der Waals surface area (Å²) in [5, 5.41) is 10.3. The molecule has 1 aliphatic heterocycles. The summed E-state index contributed by atoms with van der Waals surface area (Å²) in [4.78, 5) is 26.4. The largest absolute Gasteiger partial charge is 0.573 e. The van der Waals surface area contributed by atoms with Gasteiger partial charge in [0.2, 0.25) is 17.1 Å². The molecule has 1 saturated heterocycles. The number of alkyl halides is 3. The van der Waals surface area contributed by atoms with Crippen molar-refractivity contribution >= 4 is 5.91 Å². The summed E-state index contributed by atoms with van der Waals surface area (Å²) in [5.41, 5.74) is -0.287. The minimum atomic E-state index is -4.84. The lowest BCUT2D eigenvalue weighted by Crippen LogP contribution is -2.41. The van der Waals surface area contributed by atoms with Crippen LogP contribution in [-0.4, -0.2) is 48.6 Å². The zero-order valence-electron chi connectivity index (χ0n) is 16.1. The molecule has 1 N–H and O–H groups in total. The van der Waals surface area contributed by atoms with E-state index >= 15 is 0 Å². The van der Waals surface area contributed by atoms with Gasteiger partial charge in [0.05, 0.1) is 19.1 Å². The van der Waals surface area contributed by atoms with Crippen molar-refractivity contribution in [3.63, 3.8) is 0 Å². The normalized spacial score (nSPS) is 15.7. The van der Waals surface area contributed by atoms with Crippen LogP contribution in [0.3, 0.4) is 0 Å². The van der Waals surface area contributed by atoms with Crippen LogP contribution in [0.5, 0.6) is 11.5 Å². The van der Waals surface area contributed by atoms with Gasteiger partial charge in [-0.05, 0) is 24.6 Å². The molecule has 30 heavy (non-hydrogen) atoms. The fourth-order valence-electron chi connectivity index (χ4n) is 3.24. The van der Waals surface area contributed by atoms with Gasteiger partial charge in [0, 0.05) is 25.6 Å². The molecule has 1 atom stereocenters. The molecule has 1 aromatic carbocycles. The maximum atomic E-state index is 12.8. The second kappa shape index (κ2) is 8.78. The Hall–Kier alpha value is -3.01. The Bertz CT molecular complexity index is 948. The number of halogens is 3. The van der Waals surface area contributed by atoms with Crippen LogP contribution < -0.4 is 10.2 Å². The number of hydrogen-bond acceptors (Lipinski definition) is 6. The predicted octanol–water partition coefficient (Wildman–Crippen LogP) is 2.93. The monoisotopic (exact) mass is 427 g/mol. The molecule has 1 aromatic heterocycles. The van der Waals surface area contributed by atoms with E-state index in [9.17, 15) is 27.9 Å². The van der Waals surface area contributed by atoms with E-state index in [0.717, 1.165) is 18.2 Å². The zero-order valence-corrected chi connectivity index (χ0v) is 16.1. The second-order valence-corrected chi connectivity index (χ2v) is 6.80. The van der Waals surface area contributed by atoms with Gasteiger partial charge >= 0.3 is 6.36 Å². The van der Waals surface area contributed by atoms with Crippen molar-refractivity contribution in [2.75, 3.05) is 26.3 Å². The first kappa shape index (κ1) is 21.7. The van der Waals surface area contributed by atoms with Crippen molar-refractivity contribution in [3.8, 4) is 11.5 Å². The zero-order chi connectivity index (χ0) is 21.9. The fourth-order valence-corrected chi connectivity index (χ4v) is 3.24. The maximum absolute atomic E-state index is 12.8. The molecule has 1 fully saturated rings. The van der Waals surface area contributed by atoms with Crippen molar-refractivity contribution < 1.29 is 37.0 Å². The lowest BCUT2D eigenvalue weighted by molar-refractivity contribution is -0.274. The quantitative estimate of drug-likeness (QED) is 0.789. The number of amides is 1. The van der Waals surface area contributed by atoms with Crippen LogP contribution in [0.25, 0.3) is 0 Å². The highest BCUT2D eigenvalue weighted by atomic mass is 19.4. The molecule has 1 amide bonds. The molecule has 7 nitrogen and oxygen atoms in total. The van der Waals surface area contributed by atoms with Crippen LogP contribution in [0.15, 0.2) is 39.5 Å². The second-order valence-electron chi connectivity index (χ2n) is 6.80. The molecule has 0 bridgehead atoms. The standard InChI is InChI=1S/C20H20F3NO6/c1-12-10-16(25)18(27)19(29-12)15(11-17(26)24-6-8-28-9-7-24)13-2-4-14(5-3-13)30-20(21,22)23/h2-5,10,15,27H,6-9,11H2,1H3/t15-/m1/s1. The molecule has 0 radical (unpaired) electrons. The summed E-state index contributed by atoms with van der Waals surface area (Å²) in [5.74, 6) is -2.11. The van der Waals surface area contributed by atoms with E-state index in [1.807, 2.05) is 0 Å². The first-order valence-electron chi connectivity index (χ1n) is 9.19. The Morgan fingerprint density at radius 1 is 1.23 bits per heavy atom. The number of nitrogens with zero attached hydrogens (tertiary/aromatic N) is 1. The minimum absolute atomic E-state index is 0.119. The van der Waals surface area contributed by atoms with E-state index < -0.39 is 29.2 Å². The van der Waals surface area contributed by atoms with Gasteiger partial charge < -0.3 is 23.9 Å². The smallest absolute Gasteiger partial charge is 0.502 e. The Balaban J connectivity index is 1.95. The van der Waals surface area contributed by atoms with Crippen molar-refractivity contribution in [1.29, 1.82) is 0 Å². The highest BCUT2D eigenvalue weighted by molar-refractivity contribution is 5.78. The number of aromatic hydroxyl groups is 1. The Morgan fingerprint density at radius 2 is 1.87 bits per heavy atom. The summed E-state index contributed by atoms with van der Waals surface area (Å²) in [6.07, 6.45) is -4.99. The van der Waals surface area contributed by atoms with E-state index in [0.29, 0.717) is 31.9 Å². The summed E-state index contributed by atoms with van der Waals surface area (Å²) in [6.45, 7) is 3.10. The highest BCUT2D eigenvalue weighted by Gasteiger charge is 2.32. The van der Waals surface area contributed by atoms with E-state index in [-0.39, 0.29) is 23.8 Å². The average molecular weight is 427 g/mol. The number of rotatable bonds is 5. The number of morpholine rings is 1. The molecular formula is C20H20F3NO6.